The molecule has 278 valence electrons. The number of hydrogen-bond acceptors (Lipinski definition) is 9. The van der Waals surface area contributed by atoms with Crippen LogP contribution in [0.1, 0.15) is 42.3 Å². The smallest absolute Gasteiger partial charge is 0.295 e. The molecule has 0 bridgehead atoms. The first-order valence-corrected chi connectivity index (χ1v) is 20.4. The van der Waals surface area contributed by atoms with Gasteiger partial charge >= 0.3 is 0 Å². The maximum Gasteiger partial charge on any atom is 0.295 e. The van der Waals surface area contributed by atoms with Crippen LogP contribution in [-0.4, -0.2) is 72.5 Å². The van der Waals surface area contributed by atoms with Gasteiger partial charge in [0.05, 0.1) is 9.79 Å². The molecule has 0 fully saturated rings. The van der Waals surface area contributed by atoms with Gasteiger partial charge in [-0.05, 0) is 91.2 Å². The van der Waals surface area contributed by atoms with Gasteiger partial charge in [0.2, 0.25) is 0 Å². The third kappa shape index (κ3) is 9.17. The van der Waals surface area contributed by atoms with E-state index in [1.165, 1.54) is 48.5 Å². The Hall–Kier alpha value is -4.94. The Morgan fingerprint density at radius 2 is 1.25 bits per heavy atom. The minimum absolute atomic E-state index is 0.114. The number of nitrogens with zero attached hydrogens (tertiary/aromatic N) is 2. The lowest BCUT2D eigenvalue weighted by Gasteiger charge is -2.29. The number of phenols is 1. The molecule has 5 rings (SSSR count). The second-order valence-corrected chi connectivity index (χ2v) is 16.2. The van der Waals surface area contributed by atoms with Crippen LogP contribution in [0, 0.1) is 0 Å². The van der Waals surface area contributed by atoms with E-state index in [9.17, 15) is 49.1 Å². The normalized spacial score (nSPS) is 13.9. The molecular formula is C37H37N2O11S3+. The second-order valence-electron chi connectivity index (χ2n) is 12.0. The van der Waals surface area contributed by atoms with Gasteiger partial charge in [-0.25, -0.2) is 4.58 Å². The molecule has 13 nitrogen and oxygen atoms in total. The summed E-state index contributed by atoms with van der Waals surface area (Å²) in [5.74, 6) is -0.369. The number of anilines is 1. The van der Waals surface area contributed by atoms with E-state index in [1.807, 2.05) is 30.6 Å². The predicted octanol–water partition coefficient (Wildman–Crippen LogP) is 5.25. The minimum atomic E-state index is -4.81. The molecule has 1 aliphatic rings. The first-order chi connectivity index (χ1) is 24.9. The molecule has 5 N–H and O–H groups in total. The van der Waals surface area contributed by atoms with Gasteiger partial charge in [-0.1, -0.05) is 36.4 Å². The highest BCUT2D eigenvalue weighted by atomic mass is 32.2. The summed E-state index contributed by atoms with van der Waals surface area (Å²) in [4.78, 5) is 0.601. The van der Waals surface area contributed by atoms with E-state index in [0.717, 1.165) is 17.3 Å². The number of aromatic hydroxyl groups is 1. The second kappa shape index (κ2) is 15.6. The van der Waals surface area contributed by atoms with Crippen molar-refractivity contribution in [1.82, 2.24) is 0 Å². The van der Waals surface area contributed by atoms with Gasteiger partial charge in [-0.3, -0.25) is 13.7 Å². The molecule has 1 unspecified atom stereocenters. The summed E-state index contributed by atoms with van der Waals surface area (Å²) in [6.07, 6.45) is 6.03. The molecule has 1 atom stereocenters. The fourth-order valence-electron chi connectivity index (χ4n) is 5.93. The van der Waals surface area contributed by atoms with Crippen molar-refractivity contribution in [2.24, 2.45) is 0 Å². The number of benzene rings is 4. The molecule has 16 heteroatoms. The van der Waals surface area contributed by atoms with E-state index < -0.39 is 41.5 Å². The van der Waals surface area contributed by atoms with E-state index in [2.05, 4.69) is 0 Å². The molecule has 0 spiro atoms. The topological polar surface area (TPSA) is 210 Å². The average molecular weight is 782 g/mol. The summed E-state index contributed by atoms with van der Waals surface area (Å²) in [7, 11) is -13.5. The summed E-state index contributed by atoms with van der Waals surface area (Å²) in [6, 6.07) is 21.5. The first kappa shape index (κ1) is 39.3. The van der Waals surface area contributed by atoms with Crippen molar-refractivity contribution in [3.05, 3.63) is 143 Å². The Bertz CT molecular complexity index is 2450. The van der Waals surface area contributed by atoms with Crippen LogP contribution in [0.5, 0.6) is 5.75 Å². The van der Waals surface area contributed by atoms with E-state index in [4.69, 9.17) is 0 Å². The Morgan fingerprint density at radius 3 is 1.74 bits per heavy atom. The number of phenolic OH excluding ortho intramolecular Hbond substituents is 1. The Balaban J connectivity index is 1.55. The molecular weight excluding hydrogens is 745 g/mol. The molecule has 0 saturated carbocycles. The van der Waals surface area contributed by atoms with Gasteiger partial charge in [0.1, 0.15) is 17.2 Å². The standard InChI is InChI=1S/C37H36N2O11S3/c1-3-38(24-25-5-18-32(19-6-25)51(42,43)44)29-13-7-26(8-14-29)36(34-22-17-31(40)23-35(34)53(48,49)50)27-9-15-30(16-10-27)39(4-2)37(41)28-11-20-33(21-12-28)52(45,46)47/h5-23,37,41H,3-4,24H2,1-2H3,(H3,42,43,44,45,46,47,48,49,50)/p+1. The Kier molecular flexibility index (Phi) is 11.5. The number of aliphatic hydroxyl groups is 1. The van der Waals surface area contributed by atoms with Gasteiger partial charge < -0.3 is 15.1 Å². The number of hydrogen-bond donors (Lipinski definition) is 5. The fraction of sp³-hybridized carbons (Fsp3) is 0.162. The number of aliphatic hydroxyl groups excluding tert-OH is 1. The zero-order chi connectivity index (χ0) is 38.7. The van der Waals surface area contributed by atoms with Crippen LogP contribution in [0.3, 0.4) is 0 Å². The van der Waals surface area contributed by atoms with Crippen molar-refractivity contribution in [3.8, 4) is 5.75 Å². The highest BCUT2D eigenvalue weighted by Crippen LogP contribution is 2.37. The SMILES string of the molecule is CCN(c1ccc(C(=C2C=CC(=[N+](CC)Cc3ccc(S(=O)(=O)O)cc3)C=C2)c2ccc(O)cc2S(=O)(=O)O)cc1)C(O)c1ccc(S(=O)(=O)O)cc1. The number of allylic oxidation sites excluding steroid dienone is 5. The van der Waals surface area contributed by atoms with E-state index in [0.29, 0.717) is 47.6 Å². The maximum absolute atomic E-state index is 12.6. The van der Waals surface area contributed by atoms with Crippen LogP contribution in [0.2, 0.25) is 0 Å². The molecule has 4 aromatic rings. The first-order valence-electron chi connectivity index (χ1n) is 16.1. The fourth-order valence-corrected chi connectivity index (χ4v) is 7.61. The quantitative estimate of drug-likeness (QED) is 0.0709. The lowest BCUT2D eigenvalue weighted by atomic mass is 9.90. The monoisotopic (exact) mass is 781 g/mol. The van der Waals surface area contributed by atoms with Crippen molar-refractivity contribution in [3.63, 3.8) is 0 Å². The van der Waals surface area contributed by atoms with Gasteiger partial charge in [-0.15, -0.1) is 0 Å². The van der Waals surface area contributed by atoms with Crippen molar-refractivity contribution in [2.75, 3.05) is 18.0 Å². The summed E-state index contributed by atoms with van der Waals surface area (Å²) < 4.78 is 102. The summed E-state index contributed by atoms with van der Waals surface area (Å²) in [5.41, 5.74) is 4.15. The summed E-state index contributed by atoms with van der Waals surface area (Å²) in [6.45, 7) is 5.08. The van der Waals surface area contributed by atoms with E-state index in [1.54, 1.807) is 53.5 Å². The van der Waals surface area contributed by atoms with Gasteiger partial charge in [0.25, 0.3) is 30.4 Å². The molecule has 0 aliphatic heterocycles. The number of rotatable bonds is 12. The van der Waals surface area contributed by atoms with Crippen LogP contribution in [0.15, 0.2) is 136 Å². The average Bonchev–Trinajstić information content (AvgIpc) is 3.11. The zero-order valence-corrected chi connectivity index (χ0v) is 30.9. The summed E-state index contributed by atoms with van der Waals surface area (Å²) >= 11 is 0. The Morgan fingerprint density at radius 1 is 0.698 bits per heavy atom. The van der Waals surface area contributed by atoms with E-state index in [-0.39, 0.29) is 21.1 Å². The van der Waals surface area contributed by atoms with Crippen molar-refractivity contribution in [2.45, 2.75) is 41.3 Å². The van der Waals surface area contributed by atoms with Gasteiger partial charge in [0.15, 0.2) is 18.5 Å². The van der Waals surface area contributed by atoms with Crippen LogP contribution in [0.25, 0.3) is 5.57 Å². The van der Waals surface area contributed by atoms with Crippen LogP contribution < -0.4 is 4.90 Å². The zero-order valence-electron chi connectivity index (χ0n) is 28.5. The maximum atomic E-state index is 12.6. The van der Waals surface area contributed by atoms with Gasteiger partial charge in [-0.2, -0.15) is 25.3 Å². The van der Waals surface area contributed by atoms with Crippen molar-refractivity contribution in [1.29, 1.82) is 0 Å². The Labute approximate surface area is 308 Å². The van der Waals surface area contributed by atoms with Crippen molar-refractivity contribution >= 4 is 47.3 Å². The van der Waals surface area contributed by atoms with Crippen molar-refractivity contribution < 1.29 is 53.7 Å². The van der Waals surface area contributed by atoms with Crippen LogP contribution >= 0.6 is 0 Å². The lowest BCUT2D eigenvalue weighted by Crippen LogP contribution is -2.28. The molecule has 0 aromatic heterocycles. The summed E-state index contributed by atoms with van der Waals surface area (Å²) in [5, 5.41) is 21.3. The highest BCUT2D eigenvalue weighted by molar-refractivity contribution is 7.86. The molecule has 1 aliphatic carbocycles. The molecule has 53 heavy (non-hydrogen) atoms. The van der Waals surface area contributed by atoms with Crippen LogP contribution in [-0.2, 0) is 36.9 Å². The molecule has 0 heterocycles. The third-order valence-electron chi connectivity index (χ3n) is 8.61. The minimum Gasteiger partial charge on any atom is -0.508 e. The van der Waals surface area contributed by atoms with E-state index >= 15 is 0 Å². The highest BCUT2D eigenvalue weighted by Gasteiger charge is 2.24. The molecule has 0 radical (unpaired) electrons. The molecule has 0 amide bonds. The predicted molar refractivity (Wildman–Crippen MR) is 199 cm³/mol. The van der Waals surface area contributed by atoms with Crippen LogP contribution in [0.4, 0.5) is 5.69 Å². The largest absolute Gasteiger partial charge is 0.508 e. The lowest BCUT2D eigenvalue weighted by molar-refractivity contribution is -0.539. The van der Waals surface area contributed by atoms with Gasteiger partial charge in [0, 0.05) is 47.1 Å². The third-order valence-corrected chi connectivity index (χ3v) is 11.2. The molecule has 0 saturated heterocycles. The molecule has 4 aromatic carbocycles.